The topological polar surface area (TPSA) is 92.7 Å². The van der Waals surface area contributed by atoms with E-state index in [1.54, 1.807) is 0 Å². The molecule has 6 nitrogen and oxygen atoms in total. The number of nitrogens with one attached hydrogen (secondary N) is 1. The van der Waals surface area contributed by atoms with Crippen molar-refractivity contribution in [2.24, 2.45) is 0 Å². The van der Waals surface area contributed by atoms with Crippen molar-refractivity contribution in [3.63, 3.8) is 0 Å². The minimum Gasteiger partial charge on any atom is -0.481 e. The van der Waals surface area contributed by atoms with E-state index in [-0.39, 0.29) is 11.3 Å². The van der Waals surface area contributed by atoms with Gasteiger partial charge in [0.15, 0.2) is 0 Å². The van der Waals surface area contributed by atoms with Gasteiger partial charge in [0, 0.05) is 5.02 Å². The van der Waals surface area contributed by atoms with Crippen LogP contribution in [0.2, 0.25) is 5.02 Å². The number of hydrogen-bond acceptors (Lipinski definition) is 4. The molecule has 2 N–H and O–H groups in total. The summed E-state index contributed by atoms with van der Waals surface area (Å²) in [5.41, 5.74) is 0.209. The molecule has 0 saturated carbocycles. The Morgan fingerprint density at radius 1 is 1.39 bits per heavy atom. The van der Waals surface area contributed by atoms with E-state index in [1.165, 1.54) is 25.3 Å². The number of carbonyl (C=O) groups excluding carboxylic acids is 2. The Balaban J connectivity index is 2.99. The molecule has 0 fully saturated rings. The number of anilines is 1. The maximum absolute atomic E-state index is 11.4. The van der Waals surface area contributed by atoms with Crippen LogP contribution in [0.3, 0.4) is 0 Å². The molecule has 0 spiro atoms. The van der Waals surface area contributed by atoms with Crippen LogP contribution in [0.1, 0.15) is 16.8 Å². The highest BCUT2D eigenvalue weighted by Gasteiger charge is 2.15. The first-order valence-corrected chi connectivity index (χ1v) is 5.21. The molecule has 0 heterocycles. The molecule has 0 bridgehead atoms. The number of aliphatic carboxylic acids is 1. The van der Waals surface area contributed by atoms with Crippen LogP contribution in [0.5, 0.6) is 0 Å². The molecule has 0 unspecified atom stereocenters. The lowest BCUT2D eigenvalue weighted by atomic mass is 10.1. The molecule has 1 aromatic carbocycles. The lowest BCUT2D eigenvalue weighted by Crippen LogP contribution is -2.18. The van der Waals surface area contributed by atoms with Crippen LogP contribution in [-0.2, 0) is 14.3 Å². The predicted molar refractivity (Wildman–Crippen MR) is 63.7 cm³/mol. The third kappa shape index (κ3) is 3.74. The molecule has 7 heteroatoms. The fourth-order valence-electron chi connectivity index (χ4n) is 1.24. The molecule has 0 aliphatic carbocycles. The third-order valence-corrected chi connectivity index (χ3v) is 2.21. The molecule has 96 valence electrons. The van der Waals surface area contributed by atoms with E-state index < -0.39 is 24.3 Å². The summed E-state index contributed by atoms with van der Waals surface area (Å²) in [4.78, 5) is 33.1. The van der Waals surface area contributed by atoms with Crippen molar-refractivity contribution in [1.29, 1.82) is 0 Å². The second-order valence-electron chi connectivity index (χ2n) is 3.30. The van der Waals surface area contributed by atoms with Gasteiger partial charge in [0.1, 0.15) is 6.42 Å². The van der Waals surface area contributed by atoms with Gasteiger partial charge in [-0.1, -0.05) is 11.6 Å². The van der Waals surface area contributed by atoms with E-state index in [9.17, 15) is 14.4 Å². The maximum Gasteiger partial charge on any atom is 0.339 e. The number of carboxylic acid groups (broad SMARTS) is 1. The number of ether oxygens (including phenoxy) is 1. The Kier molecular flexibility index (Phi) is 4.67. The predicted octanol–water partition coefficient (Wildman–Crippen LogP) is 1.54. The highest BCUT2D eigenvalue weighted by molar-refractivity contribution is 6.31. The lowest BCUT2D eigenvalue weighted by Gasteiger charge is -2.09. The molecule has 1 amide bonds. The second kappa shape index (κ2) is 6.02. The molecular formula is C11H10ClNO5. The van der Waals surface area contributed by atoms with Crippen molar-refractivity contribution in [2.45, 2.75) is 6.42 Å². The van der Waals surface area contributed by atoms with Crippen molar-refractivity contribution in [1.82, 2.24) is 0 Å². The Bertz CT molecular complexity index is 500. The van der Waals surface area contributed by atoms with Crippen LogP contribution in [-0.4, -0.2) is 30.1 Å². The van der Waals surface area contributed by atoms with Crippen molar-refractivity contribution >= 4 is 35.1 Å². The van der Waals surface area contributed by atoms with Crippen LogP contribution < -0.4 is 5.32 Å². The smallest absolute Gasteiger partial charge is 0.339 e. The Labute approximate surface area is 108 Å². The maximum atomic E-state index is 11.4. The molecule has 0 aliphatic heterocycles. The van der Waals surface area contributed by atoms with Crippen LogP contribution in [0.15, 0.2) is 18.2 Å². The first-order valence-electron chi connectivity index (χ1n) is 4.83. The van der Waals surface area contributed by atoms with Crippen molar-refractivity contribution < 1.29 is 24.2 Å². The van der Waals surface area contributed by atoms with Crippen LogP contribution >= 0.6 is 11.6 Å². The number of esters is 1. The number of rotatable bonds is 4. The fourth-order valence-corrected chi connectivity index (χ4v) is 1.41. The largest absolute Gasteiger partial charge is 0.481 e. The Morgan fingerprint density at radius 2 is 2.06 bits per heavy atom. The molecule has 0 saturated heterocycles. The van der Waals surface area contributed by atoms with E-state index in [1.807, 2.05) is 0 Å². The normalized spacial score (nSPS) is 9.67. The molecule has 1 aromatic rings. The van der Waals surface area contributed by atoms with E-state index in [0.29, 0.717) is 5.02 Å². The molecule has 18 heavy (non-hydrogen) atoms. The number of amides is 1. The van der Waals surface area contributed by atoms with Crippen LogP contribution in [0.4, 0.5) is 5.69 Å². The van der Waals surface area contributed by atoms with E-state index in [0.717, 1.165) is 0 Å². The fraction of sp³-hybridized carbons (Fsp3) is 0.182. The van der Waals surface area contributed by atoms with Gasteiger partial charge in [-0.15, -0.1) is 0 Å². The molecule has 0 radical (unpaired) electrons. The van der Waals surface area contributed by atoms with Gasteiger partial charge < -0.3 is 15.2 Å². The van der Waals surface area contributed by atoms with Crippen molar-refractivity contribution in [3.05, 3.63) is 28.8 Å². The summed E-state index contributed by atoms with van der Waals surface area (Å²) in [6.45, 7) is 0. The molecule has 0 atom stereocenters. The summed E-state index contributed by atoms with van der Waals surface area (Å²) in [6, 6.07) is 4.18. The molecular weight excluding hydrogens is 262 g/mol. The van der Waals surface area contributed by atoms with Crippen molar-refractivity contribution in [2.75, 3.05) is 12.4 Å². The van der Waals surface area contributed by atoms with Gasteiger partial charge in [-0.3, -0.25) is 9.59 Å². The molecule has 0 aromatic heterocycles. The highest BCUT2D eigenvalue weighted by atomic mass is 35.5. The van der Waals surface area contributed by atoms with Gasteiger partial charge in [-0.05, 0) is 18.2 Å². The van der Waals surface area contributed by atoms with E-state index >= 15 is 0 Å². The number of hydrogen-bond donors (Lipinski definition) is 2. The number of halogens is 1. The third-order valence-electron chi connectivity index (χ3n) is 1.97. The number of carboxylic acids is 1. The number of methoxy groups -OCH3 is 1. The Hall–Kier alpha value is -2.08. The zero-order chi connectivity index (χ0) is 13.7. The minimum atomic E-state index is -1.27. The van der Waals surface area contributed by atoms with Gasteiger partial charge in [-0.25, -0.2) is 4.79 Å². The quantitative estimate of drug-likeness (QED) is 0.640. The molecule has 0 aliphatic rings. The monoisotopic (exact) mass is 271 g/mol. The summed E-state index contributed by atoms with van der Waals surface area (Å²) in [5, 5.41) is 11.1. The van der Waals surface area contributed by atoms with E-state index in [2.05, 4.69) is 10.1 Å². The van der Waals surface area contributed by atoms with Gasteiger partial charge in [0.05, 0.1) is 18.4 Å². The Morgan fingerprint density at radius 3 is 2.61 bits per heavy atom. The zero-order valence-electron chi connectivity index (χ0n) is 9.40. The first kappa shape index (κ1) is 14.0. The standard InChI is InChI=1S/C11H10ClNO5/c1-18-11(17)7-3-2-6(12)4-8(7)13-9(14)5-10(15)16/h2-4H,5H2,1H3,(H,13,14)(H,15,16). The van der Waals surface area contributed by atoms with Crippen molar-refractivity contribution in [3.8, 4) is 0 Å². The average molecular weight is 272 g/mol. The minimum absolute atomic E-state index is 0.0978. The second-order valence-corrected chi connectivity index (χ2v) is 3.74. The lowest BCUT2D eigenvalue weighted by molar-refractivity contribution is -0.139. The van der Waals surface area contributed by atoms with Gasteiger partial charge in [0.2, 0.25) is 5.91 Å². The summed E-state index contributed by atoms with van der Waals surface area (Å²) >= 11 is 5.73. The SMILES string of the molecule is COC(=O)c1ccc(Cl)cc1NC(=O)CC(=O)O. The van der Waals surface area contributed by atoms with Gasteiger partial charge >= 0.3 is 11.9 Å². The summed E-state index contributed by atoms with van der Waals surface area (Å²) < 4.78 is 4.53. The average Bonchev–Trinajstić information content (AvgIpc) is 2.27. The van der Waals surface area contributed by atoms with Gasteiger partial charge in [-0.2, -0.15) is 0 Å². The van der Waals surface area contributed by atoms with Crippen LogP contribution in [0, 0.1) is 0 Å². The summed E-state index contributed by atoms with van der Waals surface area (Å²) in [6.07, 6.45) is -0.701. The zero-order valence-corrected chi connectivity index (χ0v) is 10.2. The highest BCUT2D eigenvalue weighted by Crippen LogP contribution is 2.22. The number of carbonyl (C=O) groups is 3. The summed E-state index contributed by atoms with van der Waals surface area (Å²) in [7, 11) is 1.19. The van der Waals surface area contributed by atoms with Gasteiger partial charge in [0.25, 0.3) is 0 Å². The van der Waals surface area contributed by atoms with E-state index in [4.69, 9.17) is 16.7 Å². The first-order chi connectivity index (χ1) is 8.43. The number of benzene rings is 1. The summed E-state index contributed by atoms with van der Waals surface area (Å²) in [5.74, 6) is -2.68. The molecule has 1 rings (SSSR count). The van der Waals surface area contributed by atoms with Crippen LogP contribution in [0.25, 0.3) is 0 Å².